The van der Waals surface area contributed by atoms with Crippen molar-refractivity contribution >= 4 is 27.5 Å². The van der Waals surface area contributed by atoms with Crippen LogP contribution in [0.2, 0.25) is 0 Å². The predicted molar refractivity (Wildman–Crippen MR) is 76.0 cm³/mol. The summed E-state index contributed by atoms with van der Waals surface area (Å²) >= 11 is 3.16. The van der Waals surface area contributed by atoms with Crippen LogP contribution in [0, 0.1) is 5.82 Å². The molecule has 1 atom stereocenters. The van der Waals surface area contributed by atoms with Crippen LogP contribution in [0.25, 0.3) is 0 Å². The van der Waals surface area contributed by atoms with Crippen molar-refractivity contribution in [3.05, 3.63) is 28.5 Å². The molecule has 1 aliphatic rings. The lowest BCUT2D eigenvalue weighted by atomic mass is 10.2. The van der Waals surface area contributed by atoms with Crippen LogP contribution in [0.4, 0.5) is 10.1 Å². The number of benzene rings is 1. The van der Waals surface area contributed by atoms with E-state index in [-0.39, 0.29) is 30.9 Å². The monoisotopic (exact) mass is 346 g/mol. The number of carbonyl (C=O) groups excluding carboxylic acids is 1. The zero-order valence-electron chi connectivity index (χ0n) is 10.8. The fraction of sp³-hybridized carbons (Fsp3) is 0.462. The molecule has 1 heterocycles. The van der Waals surface area contributed by atoms with Crippen LogP contribution in [0.1, 0.15) is 0 Å². The van der Waals surface area contributed by atoms with E-state index < -0.39 is 5.82 Å². The van der Waals surface area contributed by atoms with Crippen LogP contribution >= 0.6 is 15.9 Å². The van der Waals surface area contributed by atoms with Crippen LogP contribution in [0.5, 0.6) is 0 Å². The number of nitrogens with zero attached hydrogens (tertiary/aromatic N) is 1. The number of morpholine rings is 1. The van der Waals surface area contributed by atoms with E-state index in [1.165, 1.54) is 12.1 Å². The highest BCUT2D eigenvalue weighted by Gasteiger charge is 2.21. The highest BCUT2D eigenvalue weighted by atomic mass is 79.9. The fourth-order valence-corrected chi connectivity index (χ4v) is 2.35. The third-order valence-electron chi connectivity index (χ3n) is 3.00. The average Bonchev–Trinajstić information content (AvgIpc) is 2.42. The Balaban J connectivity index is 1.88. The van der Waals surface area contributed by atoms with E-state index in [1.807, 2.05) is 4.90 Å². The fourth-order valence-electron chi connectivity index (χ4n) is 2.02. The van der Waals surface area contributed by atoms with E-state index in [9.17, 15) is 9.18 Å². The second-order valence-electron chi connectivity index (χ2n) is 4.58. The van der Waals surface area contributed by atoms with Gasteiger partial charge in [0.2, 0.25) is 5.91 Å². The molecule has 5 nitrogen and oxygen atoms in total. The highest BCUT2D eigenvalue weighted by molar-refractivity contribution is 9.10. The molecule has 0 aliphatic carbocycles. The third kappa shape index (κ3) is 4.24. The molecular weight excluding hydrogens is 331 g/mol. The van der Waals surface area contributed by atoms with Gasteiger partial charge in [0.1, 0.15) is 5.82 Å². The Labute approximate surface area is 124 Å². The van der Waals surface area contributed by atoms with Crippen LogP contribution < -0.4 is 5.32 Å². The molecule has 1 aliphatic heterocycles. The average molecular weight is 347 g/mol. The molecule has 2 rings (SSSR count). The van der Waals surface area contributed by atoms with Gasteiger partial charge in [-0.15, -0.1) is 0 Å². The summed E-state index contributed by atoms with van der Waals surface area (Å²) < 4.78 is 19.5. The van der Waals surface area contributed by atoms with Gasteiger partial charge in [0, 0.05) is 17.6 Å². The van der Waals surface area contributed by atoms with Crippen LogP contribution in [0.3, 0.4) is 0 Å². The van der Waals surface area contributed by atoms with Crippen molar-refractivity contribution in [1.82, 2.24) is 4.90 Å². The Morgan fingerprint density at radius 3 is 3.10 bits per heavy atom. The molecular formula is C13H16BrFN2O3. The largest absolute Gasteiger partial charge is 0.394 e. The molecule has 0 saturated carbocycles. The summed E-state index contributed by atoms with van der Waals surface area (Å²) in [6.45, 7) is 1.67. The van der Waals surface area contributed by atoms with E-state index in [1.54, 1.807) is 6.07 Å². The summed E-state index contributed by atoms with van der Waals surface area (Å²) in [5.74, 6) is -0.771. The van der Waals surface area contributed by atoms with Gasteiger partial charge in [-0.25, -0.2) is 4.39 Å². The van der Waals surface area contributed by atoms with E-state index in [2.05, 4.69) is 21.2 Å². The molecule has 20 heavy (non-hydrogen) atoms. The third-order valence-corrected chi connectivity index (χ3v) is 3.49. The van der Waals surface area contributed by atoms with Crippen LogP contribution in [-0.2, 0) is 9.53 Å². The lowest BCUT2D eigenvalue weighted by molar-refractivity contribution is -0.120. The van der Waals surface area contributed by atoms with Crippen molar-refractivity contribution in [3.8, 4) is 0 Å². The van der Waals surface area contributed by atoms with Gasteiger partial charge in [-0.1, -0.05) is 15.9 Å². The van der Waals surface area contributed by atoms with Gasteiger partial charge in [0.05, 0.1) is 31.5 Å². The summed E-state index contributed by atoms with van der Waals surface area (Å²) in [7, 11) is 0. The number of nitrogens with one attached hydrogen (secondary N) is 1. The lowest BCUT2D eigenvalue weighted by Gasteiger charge is -2.31. The molecule has 2 N–H and O–H groups in total. The van der Waals surface area contributed by atoms with Gasteiger partial charge in [0.15, 0.2) is 0 Å². The van der Waals surface area contributed by atoms with E-state index >= 15 is 0 Å². The molecule has 0 radical (unpaired) electrons. The summed E-state index contributed by atoms with van der Waals surface area (Å²) in [5, 5.41) is 11.6. The second kappa shape index (κ2) is 7.12. The zero-order chi connectivity index (χ0) is 14.5. The molecule has 0 spiro atoms. The first-order valence-electron chi connectivity index (χ1n) is 6.28. The summed E-state index contributed by atoms with van der Waals surface area (Å²) in [6.07, 6.45) is -0.263. The van der Waals surface area contributed by atoms with Gasteiger partial charge >= 0.3 is 0 Å². The minimum absolute atomic E-state index is 0.0700. The molecule has 0 aromatic heterocycles. The highest BCUT2D eigenvalue weighted by Crippen LogP contribution is 2.19. The predicted octanol–water partition coefficient (Wildman–Crippen LogP) is 1.22. The number of rotatable bonds is 4. The number of halogens is 2. The Morgan fingerprint density at radius 1 is 1.60 bits per heavy atom. The molecule has 0 bridgehead atoms. The maximum absolute atomic E-state index is 13.6. The second-order valence-corrected chi connectivity index (χ2v) is 5.50. The number of ether oxygens (including phenoxy) is 1. The van der Waals surface area contributed by atoms with Crippen LogP contribution in [0.15, 0.2) is 22.7 Å². The standard InChI is InChI=1S/C13H16BrFN2O3/c14-9-1-2-12(11(15)5-9)16-13(19)7-17-3-4-20-10(6-17)8-18/h1-2,5,10,18H,3-4,6-8H2,(H,16,19). The Hall–Kier alpha value is -1.02. The van der Waals surface area contributed by atoms with Crippen molar-refractivity contribution in [1.29, 1.82) is 0 Å². The van der Waals surface area contributed by atoms with Crippen molar-refractivity contribution in [2.24, 2.45) is 0 Å². The van der Waals surface area contributed by atoms with Gasteiger partial charge in [0.25, 0.3) is 0 Å². The summed E-state index contributed by atoms with van der Waals surface area (Å²) in [5.41, 5.74) is 0.158. The SMILES string of the molecule is O=C(CN1CCOC(CO)C1)Nc1ccc(Br)cc1F. The normalized spacial score (nSPS) is 19.9. The number of hydrogen-bond donors (Lipinski definition) is 2. The zero-order valence-corrected chi connectivity index (χ0v) is 12.4. The van der Waals surface area contributed by atoms with Gasteiger partial charge in [-0.2, -0.15) is 0 Å². The molecule has 1 unspecified atom stereocenters. The van der Waals surface area contributed by atoms with Crippen molar-refractivity contribution in [2.45, 2.75) is 6.10 Å². The number of aliphatic hydroxyl groups is 1. The smallest absolute Gasteiger partial charge is 0.238 e. The minimum Gasteiger partial charge on any atom is -0.394 e. The number of amides is 1. The van der Waals surface area contributed by atoms with Gasteiger partial charge in [-0.05, 0) is 18.2 Å². The molecule has 1 aromatic carbocycles. The molecule has 7 heteroatoms. The van der Waals surface area contributed by atoms with E-state index in [4.69, 9.17) is 9.84 Å². The summed E-state index contributed by atoms with van der Waals surface area (Å²) in [4.78, 5) is 13.7. The Bertz CT molecular complexity index is 487. The maximum atomic E-state index is 13.6. The van der Waals surface area contributed by atoms with Crippen LogP contribution in [-0.4, -0.2) is 54.9 Å². The Morgan fingerprint density at radius 2 is 2.40 bits per heavy atom. The number of anilines is 1. The molecule has 1 aromatic rings. The van der Waals surface area contributed by atoms with E-state index in [0.29, 0.717) is 24.2 Å². The Kier molecular flexibility index (Phi) is 5.47. The van der Waals surface area contributed by atoms with E-state index in [0.717, 1.165) is 0 Å². The first kappa shape index (κ1) is 15.4. The first-order valence-corrected chi connectivity index (χ1v) is 7.07. The quantitative estimate of drug-likeness (QED) is 0.860. The van der Waals surface area contributed by atoms with Gasteiger partial charge in [-0.3, -0.25) is 9.69 Å². The summed E-state index contributed by atoms with van der Waals surface area (Å²) in [6, 6.07) is 4.47. The maximum Gasteiger partial charge on any atom is 0.238 e. The molecule has 110 valence electrons. The molecule has 1 fully saturated rings. The number of aliphatic hydroxyl groups excluding tert-OH is 1. The van der Waals surface area contributed by atoms with Crippen molar-refractivity contribution in [2.75, 3.05) is 38.2 Å². The minimum atomic E-state index is -0.483. The van der Waals surface area contributed by atoms with Crippen molar-refractivity contribution < 1.29 is 19.0 Å². The first-order chi connectivity index (χ1) is 9.58. The van der Waals surface area contributed by atoms with Crippen molar-refractivity contribution in [3.63, 3.8) is 0 Å². The molecule has 1 amide bonds. The van der Waals surface area contributed by atoms with Gasteiger partial charge < -0.3 is 15.2 Å². The number of carbonyl (C=O) groups is 1. The topological polar surface area (TPSA) is 61.8 Å². The lowest BCUT2D eigenvalue weighted by Crippen LogP contribution is -2.46. The number of hydrogen-bond acceptors (Lipinski definition) is 4. The molecule has 1 saturated heterocycles.